The first-order chi connectivity index (χ1) is 15.6. The number of carbonyl (C=O) groups excluding carboxylic acids is 1. The third-order valence-corrected chi connectivity index (χ3v) is 5.18. The Kier molecular flexibility index (Phi) is 6.20. The number of fused-ring (bicyclic) bond motifs is 1. The zero-order valence-corrected chi connectivity index (χ0v) is 19.0. The average molecular weight is 478 g/mol. The number of aromatic nitrogens is 3. The first kappa shape index (κ1) is 22.9. The van der Waals surface area contributed by atoms with Gasteiger partial charge in [-0.1, -0.05) is 11.6 Å². The maximum Gasteiger partial charge on any atom is 0.410 e. The van der Waals surface area contributed by atoms with E-state index in [1.54, 1.807) is 17.0 Å². The molecule has 1 fully saturated rings. The molecule has 0 radical (unpaired) electrons. The van der Waals surface area contributed by atoms with E-state index in [2.05, 4.69) is 20.3 Å². The topological polar surface area (TPSA) is 89.5 Å². The Morgan fingerprint density at radius 3 is 2.76 bits per heavy atom. The number of ether oxygens (including phenoxy) is 2. The van der Waals surface area contributed by atoms with Crippen LogP contribution in [0, 0.1) is 11.6 Å². The second-order valence-corrected chi connectivity index (χ2v) is 8.92. The predicted molar refractivity (Wildman–Crippen MR) is 119 cm³/mol. The molecule has 2 aromatic heterocycles. The molecule has 0 unspecified atom stereocenters. The van der Waals surface area contributed by atoms with E-state index < -0.39 is 22.3 Å². The second-order valence-electron chi connectivity index (χ2n) is 8.54. The number of nitrogens with zero attached hydrogens (tertiary/aromatic N) is 4. The number of benzene rings is 1. The SMILES string of the molecule is CC(C)(C)OC(=O)N1CC[C@H](Oc2ccc3ncnc(Nc4ccc(F)c(Cl)c4F)c3n2)C1. The number of hydrogen-bond acceptors (Lipinski definition) is 7. The number of likely N-dealkylation sites (tertiary alicyclic amines) is 1. The Labute approximate surface area is 193 Å². The van der Waals surface area contributed by atoms with Crippen molar-refractivity contribution in [2.75, 3.05) is 18.4 Å². The lowest BCUT2D eigenvalue weighted by Crippen LogP contribution is -2.36. The molecule has 174 valence electrons. The van der Waals surface area contributed by atoms with E-state index in [1.807, 2.05) is 20.8 Å². The van der Waals surface area contributed by atoms with Crippen molar-refractivity contribution in [3.63, 3.8) is 0 Å². The van der Waals surface area contributed by atoms with E-state index in [9.17, 15) is 13.6 Å². The summed E-state index contributed by atoms with van der Waals surface area (Å²) in [5.41, 5.74) is 0.193. The number of hydrogen-bond donors (Lipinski definition) is 1. The molecule has 1 aromatic carbocycles. The average Bonchev–Trinajstić information content (AvgIpc) is 3.22. The van der Waals surface area contributed by atoms with E-state index >= 15 is 0 Å². The minimum Gasteiger partial charge on any atom is -0.472 e. The summed E-state index contributed by atoms with van der Waals surface area (Å²) in [6, 6.07) is 5.62. The Bertz CT molecular complexity index is 1200. The molecule has 0 saturated carbocycles. The van der Waals surface area contributed by atoms with E-state index in [4.69, 9.17) is 21.1 Å². The summed E-state index contributed by atoms with van der Waals surface area (Å²) < 4.78 is 39.2. The van der Waals surface area contributed by atoms with Crippen LogP contribution in [0.4, 0.5) is 25.1 Å². The predicted octanol–water partition coefficient (Wildman–Crippen LogP) is 5.09. The quantitative estimate of drug-likeness (QED) is 0.523. The number of halogens is 3. The molecule has 1 N–H and O–H groups in total. The molecule has 1 saturated heterocycles. The molecule has 3 aromatic rings. The molecular weight excluding hydrogens is 456 g/mol. The van der Waals surface area contributed by atoms with Gasteiger partial charge < -0.3 is 19.7 Å². The van der Waals surface area contributed by atoms with Crippen molar-refractivity contribution in [3.05, 3.63) is 47.2 Å². The molecule has 0 aliphatic carbocycles. The fourth-order valence-corrected chi connectivity index (χ4v) is 3.48. The molecule has 1 aliphatic rings. The molecule has 11 heteroatoms. The highest BCUT2D eigenvalue weighted by Gasteiger charge is 2.31. The molecule has 1 amide bonds. The lowest BCUT2D eigenvalue weighted by molar-refractivity contribution is 0.0275. The normalized spacial score (nSPS) is 16.2. The van der Waals surface area contributed by atoms with Crippen LogP contribution < -0.4 is 10.1 Å². The Morgan fingerprint density at radius 2 is 2.00 bits per heavy atom. The molecule has 1 aliphatic heterocycles. The highest BCUT2D eigenvalue weighted by Crippen LogP contribution is 2.30. The summed E-state index contributed by atoms with van der Waals surface area (Å²) in [4.78, 5) is 26.6. The van der Waals surface area contributed by atoms with Gasteiger partial charge in [-0.25, -0.2) is 28.5 Å². The summed E-state index contributed by atoms with van der Waals surface area (Å²) in [6.07, 6.45) is 1.26. The highest BCUT2D eigenvalue weighted by atomic mass is 35.5. The summed E-state index contributed by atoms with van der Waals surface area (Å²) in [6.45, 7) is 6.31. The monoisotopic (exact) mass is 477 g/mol. The van der Waals surface area contributed by atoms with Gasteiger partial charge in [-0.05, 0) is 39.0 Å². The maximum absolute atomic E-state index is 14.3. The summed E-state index contributed by atoms with van der Waals surface area (Å²) >= 11 is 5.66. The minimum absolute atomic E-state index is 0.0571. The third kappa shape index (κ3) is 5.22. The van der Waals surface area contributed by atoms with Crippen LogP contribution in [0.25, 0.3) is 11.0 Å². The van der Waals surface area contributed by atoms with Crippen LogP contribution in [-0.4, -0.2) is 50.7 Å². The van der Waals surface area contributed by atoms with Gasteiger partial charge in [0.05, 0.1) is 17.7 Å². The van der Waals surface area contributed by atoms with Gasteiger partial charge in [0.2, 0.25) is 5.88 Å². The zero-order chi connectivity index (χ0) is 23.8. The second kappa shape index (κ2) is 8.93. The third-order valence-electron chi connectivity index (χ3n) is 4.83. The number of rotatable bonds is 4. The molecule has 3 heterocycles. The molecule has 33 heavy (non-hydrogen) atoms. The van der Waals surface area contributed by atoms with Crippen molar-refractivity contribution in [2.45, 2.75) is 38.9 Å². The van der Waals surface area contributed by atoms with Gasteiger partial charge in [-0.3, -0.25) is 0 Å². The van der Waals surface area contributed by atoms with Gasteiger partial charge in [0.15, 0.2) is 11.6 Å². The minimum atomic E-state index is -0.941. The molecule has 4 rings (SSSR count). The van der Waals surface area contributed by atoms with Crippen LogP contribution in [0.5, 0.6) is 5.88 Å². The Hall–Kier alpha value is -3.27. The lowest BCUT2D eigenvalue weighted by atomic mass is 10.2. The van der Waals surface area contributed by atoms with Crippen LogP contribution in [0.15, 0.2) is 30.6 Å². The molecular formula is C22H22ClF2N5O3. The fraction of sp³-hybridized carbons (Fsp3) is 0.364. The molecule has 1 atom stereocenters. The maximum atomic E-state index is 14.3. The highest BCUT2D eigenvalue weighted by molar-refractivity contribution is 6.31. The number of carbonyl (C=O) groups is 1. The first-order valence-corrected chi connectivity index (χ1v) is 10.7. The van der Waals surface area contributed by atoms with E-state index in [1.165, 1.54) is 12.4 Å². The lowest BCUT2D eigenvalue weighted by Gasteiger charge is -2.24. The van der Waals surface area contributed by atoms with Crippen LogP contribution in [0.1, 0.15) is 27.2 Å². The van der Waals surface area contributed by atoms with Crippen LogP contribution in [0.3, 0.4) is 0 Å². The van der Waals surface area contributed by atoms with Gasteiger partial charge in [-0.2, -0.15) is 0 Å². The van der Waals surface area contributed by atoms with E-state index in [0.29, 0.717) is 36.4 Å². The Balaban J connectivity index is 1.52. The number of pyridine rings is 1. The molecule has 8 nitrogen and oxygen atoms in total. The summed E-state index contributed by atoms with van der Waals surface area (Å²) in [7, 11) is 0. The number of nitrogens with one attached hydrogen (secondary N) is 1. The molecule has 0 spiro atoms. The van der Waals surface area contributed by atoms with Crippen molar-refractivity contribution in [3.8, 4) is 5.88 Å². The summed E-state index contributed by atoms with van der Waals surface area (Å²) in [5, 5.41) is 2.16. The van der Waals surface area contributed by atoms with Crippen molar-refractivity contribution in [1.82, 2.24) is 19.9 Å². The number of anilines is 2. The van der Waals surface area contributed by atoms with Crippen molar-refractivity contribution in [2.24, 2.45) is 0 Å². The van der Waals surface area contributed by atoms with Crippen LogP contribution in [0.2, 0.25) is 5.02 Å². The zero-order valence-electron chi connectivity index (χ0n) is 18.2. The van der Waals surface area contributed by atoms with E-state index in [0.717, 1.165) is 6.07 Å². The standard InChI is InChI=1S/C22H22ClF2N5O3/c1-22(2,3)33-21(31)30-9-8-12(10-30)32-16-7-6-15-19(29-16)20(27-11-26-15)28-14-5-4-13(24)17(23)18(14)25/h4-7,11-12H,8-10H2,1-3H3,(H,26,27,28)/t12-/m0/s1. The van der Waals surface area contributed by atoms with Crippen LogP contribution in [-0.2, 0) is 4.74 Å². The van der Waals surface area contributed by atoms with Crippen molar-refractivity contribution in [1.29, 1.82) is 0 Å². The Morgan fingerprint density at radius 1 is 1.21 bits per heavy atom. The van der Waals surface area contributed by atoms with Gasteiger partial charge in [0.25, 0.3) is 0 Å². The largest absolute Gasteiger partial charge is 0.472 e. The van der Waals surface area contributed by atoms with Crippen molar-refractivity contribution >= 4 is 40.2 Å². The van der Waals surface area contributed by atoms with Gasteiger partial charge in [-0.15, -0.1) is 0 Å². The van der Waals surface area contributed by atoms with Crippen molar-refractivity contribution < 1.29 is 23.0 Å². The number of amides is 1. The van der Waals surface area contributed by atoms with Crippen LogP contribution >= 0.6 is 11.6 Å². The molecule has 0 bridgehead atoms. The summed E-state index contributed by atoms with van der Waals surface area (Å²) in [5.74, 6) is -1.30. The smallest absolute Gasteiger partial charge is 0.410 e. The first-order valence-electron chi connectivity index (χ1n) is 10.3. The van der Waals surface area contributed by atoms with Gasteiger partial charge in [0, 0.05) is 19.0 Å². The van der Waals surface area contributed by atoms with E-state index in [-0.39, 0.29) is 23.7 Å². The van der Waals surface area contributed by atoms with Gasteiger partial charge >= 0.3 is 6.09 Å². The fourth-order valence-electron chi connectivity index (χ4n) is 3.32. The van der Waals surface area contributed by atoms with Gasteiger partial charge in [0.1, 0.15) is 34.4 Å².